The first kappa shape index (κ1) is 11.6. The molecule has 2 rings (SSSR count). The zero-order valence-electron chi connectivity index (χ0n) is 9.11. The van der Waals surface area contributed by atoms with Crippen LogP contribution < -0.4 is 0 Å². The fraction of sp³-hybridized carbons (Fsp3) is 0.143. The molecule has 0 spiro atoms. The third-order valence-corrected chi connectivity index (χ3v) is 3.61. The van der Waals surface area contributed by atoms with Crippen LogP contribution in [0.1, 0.15) is 11.1 Å². The standard InChI is InChI=1S/C14H13ClS/c1-11-3-2-4-14(9-11)16-13-7-5-12(10-15)6-8-13/h2-9H,10H2,1H3. The van der Waals surface area contributed by atoms with Crippen LogP contribution in [-0.2, 0) is 5.88 Å². The predicted molar refractivity (Wildman–Crippen MR) is 71.3 cm³/mol. The summed E-state index contributed by atoms with van der Waals surface area (Å²) in [7, 11) is 0. The molecular weight excluding hydrogens is 236 g/mol. The van der Waals surface area contributed by atoms with Crippen molar-refractivity contribution in [3.05, 3.63) is 59.7 Å². The minimum absolute atomic E-state index is 0.579. The molecule has 2 aromatic carbocycles. The molecule has 0 bridgehead atoms. The average molecular weight is 249 g/mol. The highest BCUT2D eigenvalue weighted by Crippen LogP contribution is 2.28. The van der Waals surface area contributed by atoms with Crippen molar-refractivity contribution in [2.45, 2.75) is 22.6 Å². The van der Waals surface area contributed by atoms with E-state index in [1.165, 1.54) is 15.4 Å². The van der Waals surface area contributed by atoms with E-state index in [0.717, 1.165) is 5.56 Å². The lowest BCUT2D eigenvalue weighted by Gasteiger charge is -2.03. The van der Waals surface area contributed by atoms with E-state index in [0.29, 0.717) is 5.88 Å². The normalized spacial score (nSPS) is 10.4. The summed E-state index contributed by atoms with van der Waals surface area (Å²) in [6.07, 6.45) is 0. The molecule has 0 amide bonds. The molecule has 0 saturated carbocycles. The Morgan fingerprint density at radius 1 is 1.00 bits per heavy atom. The molecule has 16 heavy (non-hydrogen) atoms. The monoisotopic (exact) mass is 248 g/mol. The fourth-order valence-electron chi connectivity index (χ4n) is 1.46. The Bertz CT molecular complexity index is 462. The van der Waals surface area contributed by atoms with E-state index in [-0.39, 0.29) is 0 Å². The summed E-state index contributed by atoms with van der Waals surface area (Å²) in [4.78, 5) is 2.53. The van der Waals surface area contributed by atoms with Gasteiger partial charge in [0.1, 0.15) is 0 Å². The first-order valence-corrected chi connectivity index (χ1v) is 6.52. The van der Waals surface area contributed by atoms with Gasteiger partial charge in [-0.25, -0.2) is 0 Å². The lowest BCUT2D eigenvalue weighted by molar-refractivity contribution is 1.32. The molecular formula is C14H13ClS. The molecule has 0 N–H and O–H groups in total. The Morgan fingerprint density at radius 3 is 2.38 bits per heavy atom. The minimum Gasteiger partial charge on any atom is -0.122 e. The number of hydrogen-bond acceptors (Lipinski definition) is 1. The summed E-state index contributed by atoms with van der Waals surface area (Å²) in [5.41, 5.74) is 2.46. The van der Waals surface area contributed by atoms with Gasteiger partial charge in [0.15, 0.2) is 0 Å². The molecule has 0 nitrogen and oxygen atoms in total. The summed E-state index contributed by atoms with van der Waals surface area (Å²) in [5.74, 6) is 0.579. The highest BCUT2D eigenvalue weighted by atomic mass is 35.5. The SMILES string of the molecule is Cc1cccc(Sc2ccc(CCl)cc2)c1. The number of rotatable bonds is 3. The second kappa shape index (κ2) is 5.42. The Balaban J connectivity index is 2.14. The van der Waals surface area contributed by atoms with Crippen LogP contribution in [0.25, 0.3) is 0 Å². The van der Waals surface area contributed by atoms with E-state index < -0.39 is 0 Å². The van der Waals surface area contributed by atoms with Crippen molar-refractivity contribution in [1.82, 2.24) is 0 Å². The molecule has 0 unspecified atom stereocenters. The largest absolute Gasteiger partial charge is 0.122 e. The van der Waals surface area contributed by atoms with Crippen LogP contribution in [0.4, 0.5) is 0 Å². The van der Waals surface area contributed by atoms with Crippen molar-refractivity contribution in [2.24, 2.45) is 0 Å². The summed E-state index contributed by atoms with van der Waals surface area (Å²) < 4.78 is 0. The summed E-state index contributed by atoms with van der Waals surface area (Å²) in [6.45, 7) is 2.11. The van der Waals surface area contributed by atoms with Crippen molar-refractivity contribution >= 4 is 23.4 Å². The molecule has 82 valence electrons. The van der Waals surface area contributed by atoms with Gasteiger partial charge in [0.25, 0.3) is 0 Å². The van der Waals surface area contributed by atoms with Gasteiger partial charge in [0, 0.05) is 15.7 Å². The fourth-order valence-corrected chi connectivity index (χ4v) is 2.58. The van der Waals surface area contributed by atoms with Crippen molar-refractivity contribution in [1.29, 1.82) is 0 Å². The number of alkyl halides is 1. The van der Waals surface area contributed by atoms with Crippen LogP contribution in [0.5, 0.6) is 0 Å². The van der Waals surface area contributed by atoms with Crippen LogP contribution in [0.3, 0.4) is 0 Å². The van der Waals surface area contributed by atoms with E-state index in [1.54, 1.807) is 11.8 Å². The number of hydrogen-bond donors (Lipinski definition) is 0. The maximum Gasteiger partial charge on any atom is 0.0474 e. The summed E-state index contributed by atoms with van der Waals surface area (Å²) >= 11 is 7.53. The average Bonchev–Trinajstić information content (AvgIpc) is 2.30. The molecule has 0 aliphatic carbocycles. The van der Waals surface area contributed by atoms with E-state index in [9.17, 15) is 0 Å². The Morgan fingerprint density at radius 2 is 1.75 bits per heavy atom. The first-order valence-electron chi connectivity index (χ1n) is 5.17. The topological polar surface area (TPSA) is 0 Å². The van der Waals surface area contributed by atoms with Crippen molar-refractivity contribution in [2.75, 3.05) is 0 Å². The second-order valence-electron chi connectivity index (χ2n) is 3.70. The van der Waals surface area contributed by atoms with Crippen LogP contribution in [-0.4, -0.2) is 0 Å². The van der Waals surface area contributed by atoms with Crippen molar-refractivity contribution in [3.8, 4) is 0 Å². The third kappa shape index (κ3) is 3.03. The van der Waals surface area contributed by atoms with Crippen LogP contribution >= 0.6 is 23.4 Å². The molecule has 0 aliphatic rings. The van der Waals surface area contributed by atoms with E-state index >= 15 is 0 Å². The van der Waals surface area contributed by atoms with Gasteiger partial charge in [-0.15, -0.1) is 11.6 Å². The lowest BCUT2D eigenvalue weighted by Crippen LogP contribution is -1.78. The van der Waals surface area contributed by atoms with Gasteiger partial charge in [-0.2, -0.15) is 0 Å². The molecule has 2 heteroatoms. The molecule has 0 radical (unpaired) electrons. The molecule has 0 aliphatic heterocycles. The van der Waals surface area contributed by atoms with Gasteiger partial charge in [-0.1, -0.05) is 41.6 Å². The Labute approximate surface area is 106 Å². The number of aryl methyl sites for hydroxylation is 1. The predicted octanol–water partition coefficient (Wildman–Crippen LogP) is 4.89. The lowest BCUT2D eigenvalue weighted by atomic mass is 10.2. The summed E-state index contributed by atoms with van der Waals surface area (Å²) in [6, 6.07) is 16.9. The smallest absolute Gasteiger partial charge is 0.0474 e. The van der Waals surface area contributed by atoms with Crippen molar-refractivity contribution < 1.29 is 0 Å². The van der Waals surface area contributed by atoms with Crippen molar-refractivity contribution in [3.63, 3.8) is 0 Å². The molecule has 0 heterocycles. The van der Waals surface area contributed by atoms with E-state index in [1.807, 2.05) is 0 Å². The first-order chi connectivity index (χ1) is 7.78. The van der Waals surface area contributed by atoms with Crippen LogP contribution in [0.2, 0.25) is 0 Å². The van der Waals surface area contributed by atoms with Crippen LogP contribution in [0.15, 0.2) is 58.3 Å². The van der Waals surface area contributed by atoms with Gasteiger partial charge in [-0.3, -0.25) is 0 Å². The number of halogens is 1. The zero-order chi connectivity index (χ0) is 11.4. The van der Waals surface area contributed by atoms with Gasteiger partial charge in [0.05, 0.1) is 0 Å². The maximum atomic E-state index is 5.75. The molecule has 0 fully saturated rings. The summed E-state index contributed by atoms with van der Waals surface area (Å²) in [5, 5.41) is 0. The Kier molecular flexibility index (Phi) is 3.92. The number of benzene rings is 2. The molecule has 0 saturated heterocycles. The molecule has 0 aromatic heterocycles. The minimum atomic E-state index is 0.579. The third-order valence-electron chi connectivity index (χ3n) is 2.30. The highest BCUT2D eigenvalue weighted by molar-refractivity contribution is 7.99. The molecule has 2 aromatic rings. The zero-order valence-corrected chi connectivity index (χ0v) is 10.7. The quantitative estimate of drug-likeness (QED) is 0.698. The van der Waals surface area contributed by atoms with E-state index in [4.69, 9.17) is 11.6 Å². The van der Waals surface area contributed by atoms with Crippen LogP contribution in [0, 0.1) is 6.92 Å². The second-order valence-corrected chi connectivity index (χ2v) is 5.11. The van der Waals surface area contributed by atoms with Gasteiger partial charge in [-0.05, 0) is 36.8 Å². The van der Waals surface area contributed by atoms with Gasteiger partial charge < -0.3 is 0 Å². The highest BCUT2D eigenvalue weighted by Gasteiger charge is 1.97. The van der Waals surface area contributed by atoms with Gasteiger partial charge in [0.2, 0.25) is 0 Å². The van der Waals surface area contributed by atoms with E-state index in [2.05, 4.69) is 55.5 Å². The molecule has 0 atom stereocenters. The van der Waals surface area contributed by atoms with Gasteiger partial charge >= 0.3 is 0 Å². The maximum absolute atomic E-state index is 5.75. The Hall–Kier alpha value is -0.920.